The number of alkyl halides is 3. The Kier molecular flexibility index (Phi) is 6.79. The van der Waals surface area contributed by atoms with Crippen molar-refractivity contribution in [3.8, 4) is 5.75 Å². The zero-order valence-corrected chi connectivity index (χ0v) is 16.2. The van der Waals surface area contributed by atoms with Gasteiger partial charge in [-0.2, -0.15) is 18.3 Å². The van der Waals surface area contributed by atoms with E-state index in [1.165, 1.54) is 12.1 Å². The van der Waals surface area contributed by atoms with Crippen LogP contribution >= 0.6 is 0 Å². The van der Waals surface area contributed by atoms with Gasteiger partial charge in [0.1, 0.15) is 5.75 Å². The summed E-state index contributed by atoms with van der Waals surface area (Å²) in [4.78, 5) is 13.9. The molecule has 0 spiro atoms. The first-order valence-corrected chi connectivity index (χ1v) is 9.48. The summed E-state index contributed by atoms with van der Waals surface area (Å²) in [5.74, 6) is 0.677. The highest BCUT2D eigenvalue weighted by molar-refractivity contribution is 5.76. The van der Waals surface area contributed by atoms with Gasteiger partial charge in [-0.3, -0.25) is 9.89 Å². The molecule has 9 heteroatoms. The van der Waals surface area contributed by atoms with Crippen LogP contribution in [0.5, 0.6) is 5.75 Å². The van der Waals surface area contributed by atoms with Crippen LogP contribution in [-0.4, -0.2) is 54.4 Å². The Balaban J connectivity index is 1.45. The number of hydrogen-bond donors (Lipinski definition) is 1. The summed E-state index contributed by atoms with van der Waals surface area (Å²) in [6.45, 7) is 2.10. The number of halogens is 3. The predicted octanol–water partition coefficient (Wildman–Crippen LogP) is 3.40. The Labute approximate surface area is 167 Å². The highest BCUT2D eigenvalue weighted by Gasteiger charge is 2.30. The maximum atomic E-state index is 12.6. The quantitative estimate of drug-likeness (QED) is 0.723. The molecule has 6 nitrogen and oxygen atoms in total. The number of methoxy groups -OCH3 is 1. The average molecular weight is 411 g/mol. The minimum Gasteiger partial charge on any atom is -0.493 e. The highest BCUT2D eigenvalue weighted by Crippen LogP contribution is 2.30. The van der Waals surface area contributed by atoms with E-state index in [4.69, 9.17) is 9.47 Å². The number of likely N-dealkylation sites (tertiary alicyclic amines) is 1. The van der Waals surface area contributed by atoms with Gasteiger partial charge in [-0.15, -0.1) is 0 Å². The van der Waals surface area contributed by atoms with Crippen LogP contribution in [-0.2, 0) is 22.1 Å². The van der Waals surface area contributed by atoms with Gasteiger partial charge in [0.05, 0.1) is 30.9 Å². The summed E-state index contributed by atoms with van der Waals surface area (Å²) >= 11 is 0. The van der Waals surface area contributed by atoms with E-state index in [1.54, 1.807) is 7.11 Å². The standard InChI is InChI=1S/C20H24F3N3O3/c1-28-10-8-19(27)26-9-6-14(13-26)18-12-16(24-25-18)7-11-29-17-4-2-15(3-5-17)20(21,22)23/h2-5,12,14H,6-11,13H2,1H3,(H,24,25)/t14-/m0/s1. The number of amides is 1. The van der Waals surface area contributed by atoms with E-state index in [2.05, 4.69) is 10.2 Å². The maximum Gasteiger partial charge on any atom is 0.416 e. The topological polar surface area (TPSA) is 67.4 Å². The third kappa shape index (κ3) is 5.72. The van der Waals surface area contributed by atoms with Crippen molar-refractivity contribution in [1.82, 2.24) is 15.1 Å². The number of hydrogen-bond acceptors (Lipinski definition) is 4. The number of rotatable bonds is 8. The third-order valence-electron chi connectivity index (χ3n) is 4.95. The summed E-state index contributed by atoms with van der Waals surface area (Å²) in [5, 5.41) is 7.32. The fourth-order valence-electron chi connectivity index (χ4n) is 3.31. The van der Waals surface area contributed by atoms with Crippen molar-refractivity contribution in [2.75, 3.05) is 33.4 Å². The molecule has 1 aliphatic heterocycles. The van der Waals surface area contributed by atoms with Gasteiger partial charge in [0.25, 0.3) is 0 Å². The van der Waals surface area contributed by atoms with Gasteiger partial charge in [-0.25, -0.2) is 0 Å². The minimum atomic E-state index is -4.35. The van der Waals surface area contributed by atoms with Crippen LogP contribution in [0.4, 0.5) is 13.2 Å². The Morgan fingerprint density at radius 2 is 2.03 bits per heavy atom. The summed E-state index contributed by atoms with van der Waals surface area (Å²) < 4.78 is 48.2. The molecule has 1 aromatic carbocycles. The van der Waals surface area contributed by atoms with Crippen LogP contribution in [0.1, 0.15) is 35.7 Å². The first-order chi connectivity index (χ1) is 13.9. The van der Waals surface area contributed by atoms with Crippen molar-refractivity contribution < 1.29 is 27.4 Å². The molecule has 0 unspecified atom stereocenters. The number of carbonyl (C=O) groups is 1. The lowest BCUT2D eigenvalue weighted by molar-refractivity contribution is -0.137. The first kappa shape index (κ1) is 21.2. The lowest BCUT2D eigenvalue weighted by Crippen LogP contribution is -2.29. The van der Waals surface area contributed by atoms with Crippen molar-refractivity contribution in [2.45, 2.75) is 31.4 Å². The lowest BCUT2D eigenvalue weighted by atomic mass is 10.0. The molecule has 1 aliphatic rings. The molecule has 1 aromatic heterocycles. The molecular formula is C20H24F3N3O3. The second kappa shape index (κ2) is 9.30. The molecule has 3 rings (SSSR count). The SMILES string of the molecule is COCCC(=O)N1CC[C@H](c2cc(CCOc3ccc(C(F)(F)F)cc3)[nH]n2)C1. The molecular weight excluding hydrogens is 387 g/mol. The van der Waals surface area contributed by atoms with E-state index in [-0.39, 0.29) is 11.8 Å². The molecule has 2 aromatic rings. The van der Waals surface area contributed by atoms with Crippen molar-refractivity contribution >= 4 is 5.91 Å². The number of nitrogens with zero attached hydrogens (tertiary/aromatic N) is 2. The molecule has 0 bridgehead atoms. The van der Waals surface area contributed by atoms with Gasteiger partial charge < -0.3 is 14.4 Å². The van der Waals surface area contributed by atoms with Crippen LogP contribution in [0, 0.1) is 0 Å². The Morgan fingerprint density at radius 3 is 2.72 bits per heavy atom. The Bertz CT molecular complexity index is 805. The fourth-order valence-corrected chi connectivity index (χ4v) is 3.31. The first-order valence-electron chi connectivity index (χ1n) is 9.48. The summed E-state index contributed by atoms with van der Waals surface area (Å²) in [6, 6.07) is 6.60. The van der Waals surface area contributed by atoms with Crippen LogP contribution in [0.25, 0.3) is 0 Å². The number of nitrogens with one attached hydrogen (secondary N) is 1. The van der Waals surface area contributed by atoms with E-state index < -0.39 is 11.7 Å². The minimum absolute atomic E-state index is 0.0926. The van der Waals surface area contributed by atoms with Gasteiger partial charge in [-0.05, 0) is 36.8 Å². The molecule has 2 heterocycles. The van der Waals surface area contributed by atoms with Crippen LogP contribution < -0.4 is 4.74 Å². The second-order valence-corrected chi connectivity index (χ2v) is 7.01. The van der Waals surface area contributed by atoms with Crippen molar-refractivity contribution in [3.63, 3.8) is 0 Å². The van der Waals surface area contributed by atoms with E-state index in [1.807, 2.05) is 11.0 Å². The number of H-pyrrole nitrogens is 1. The monoisotopic (exact) mass is 411 g/mol. The molecule has 0 saturated carbocycles. The van der Waals surface area contributed by atoms with E-state index in [9.17, 15) is 18.0 Å². The second-order valence-electron chi connectivity index (χ2n) is 7.01. The van der Waals surface area contributed by atoms with E-state index in [0.29, 0.717) is 44.9 Å². The number of ether oxygens (including phenoxy) is 2. The number of carbonyl (C=O) groups excluding carboxylic acids is 1. The Morgan fingerprint density at radius 1 is 1.28 bits per heavy atom. The molecule has 0 aliphatic carbocycles. The molecule has 1 saturated heterocycles. The number of benzene rings is 1. The summed E-state index contributed by atoms with van der Waals surface area (Å²) in [7, 11) is 1.58. The zero-order chi connectivity index (χ0) is 20.9. The van der Waals surface area contributed by atoms with Gasteiger partial charge in [0.2, 0.25) is 5.91 Å². The smallest absolute Gasteiger partial charge is 0.416 e. The van der Waals surface area contributed by atoms with Gasteiger partial charge >= 0.3 is 6.18 Å². The van der Waals surface area contributed by atoms with Crippen LogP contribution in [0.15, 0.2) is 30.3 Å². The summed E-state index contributed by atoms with van der Waals surface area (Å²) in [5.41, 5.74) is 1.10. The number of aromatic nitrogens is 2. The normalized spacial score (nSPS) is 17.0. The van der Waals surface area contributed by atoms with Gasteiger partial charge in [0, 0.05) is 38.2 Å². The van der Waals surface area contributed by atoms with Gasteiger partial charge in [-0.1, -0.05) is 0 Å². The lowest BCUT2D eigenvalue weighted by Gasteiger charge is -2.15. The Hall–Kier alpha value is -2.55. The molecule has 0 radical (unpaired) electrons. The third-order valence-corrected chi connectivity index (χ3v) is 4.95. The molecule has 1 amide bonds. The molecule has 158 valence electrons. The molecule has 1 fully saturated rings. The molecule has 29 heavy (non-hydrogen) atoms. The largest absolute Gasteiger partial charge is 0.493 e. The number of aromatic amines is 1. The van der Waals surface area contributed by atoms with Gasteiger partial charge in [0.15, 0.2) is 0 Å². The van der Waals surface area contributed by atoms with Crippen LogP contribution in [0.2, 0.25) is 0 Å². The van der Waals surface area contributed by atoms with Crippen molar-refractivity contribution in [3.05, 3.63) is 47.3 Å². The fraction of sp³-hybridized carbons (Fsp3) is 0.500. The molecule has 1 N–H and O–H groups in total. The maximum absolute atomic E-state index is 12.6. The van der Waals surface area contributed by atoms with E-state index in [0.717, 1.165) is 29.9 Å². The van der Waals surface area contributed by atoms with E-state index >= 15 is 0 Å². The predicted molar refractivity (Wildman–Crippen MR) is 99.7 cm³/mol. The van der Waals surface area contributed by atoms with Crippen LogP contribution in [0.3, 0.4) is 0 Å². The highest BCUT2D eigenvalue weighted by atomic mass is 19.4. The molecule has 1 atom stereocenters. The average Bonchev–Trinajstić information content (AvgIpc) is 3.35. The zero-order valence-electron chi connectivity index (χ0n) is 16.2. The van der Waals surface area contributed by atoms with Crippen molar-refractivity contribution in [2.24, 2.45) is 0 Å². The van der Waals surface area contributed by atoms with Crippen molar-refractivity contribution in [1.29, 1.82) is 0 Å². The summed E-state index contributed by atoms with van der Waals surface area (Å²) in [6.07, 6.45) is -2.55.